The number of aryl methyl sites for hydroxylation is 2. The van der Waals surface area contributed by atoms with E-state index >= 15 is 0 Å². The van der Waals surface area contributed by atoms with E-state index in [0.717, 1.165) is 20.4 Å². The summed E-state index contributed by atoms with van der Waals surface area (Å²) in [5, 5.41) is 5.68. The van der Waals surface area contributed by atoms with Crippen molar-refractivity contribution >= 4 is 45.8 Å². The van der Waals surface area contributed by atoms with Crippen LogP contribution < -0.4 is 10.6 Å². The molecule has 3 aromatic rings. The number of hydrogen-bond acceptors (Lipinski definition) is 3. The molecule has 0 aliphatic rings. The number of benzene rings is 2. The molecule has 0 fully saturated rings. The van der Waals surface area contributed by atoms with E-state index in [2.05, 4.69) is 33.2 Å². The van der Waals surface area contributed by atoms with Gasteiger partial charge in [0, 0.05) is 20.5 Å². The summed E-state index contributed by atoms with van der Waals surface area (Å²) in [6.45, 7) is 3.81. The molecule has 0 radical (unpaired) electrons. The lowest BCUT2D eigenvalue weighted by molar-refractivity contribution is 0.0993. The molecular formula is C20H17IN2O3. The van der Waals surface area contributed by atoms with Gasteiger partial charge in [-0.2, -0.15) is 0 Å². The van der Waals surface area contributed by atoms with Crippen LogP contribution in [0.1, 0.15) is 32.0 Å². The highest BCUT2D eigenvalue weighted by atomic mass is 127. The number of furan rings is 1. The molecule has 0 atom stereocenters. The Bertz CT molecular complexity index is 965. The highest BCUT2D eigenvalue weighted by Crippen LogP contribution is 2.21. The van der Waals surface area contributed by atoms with Gasteiger partial charge in [0.1, 0.15) is 0 Å². The van der Waals surface area contributed by atoms with E-state index < -0.39 is 0 Å². The predicted molar refractivity (Wildman–Crippen MR) is 110 cm³/mol. The maximum absolute atomic E-state index is 12.6. The van der Waals surface area contributed by atoms with Gasteiger partial charge in [-0.1, -0.05) is 6.07 Å². The minimum atomic E-state index is -0.357. The van der Waals surface area contributed by atoms with Crippen LogP contribution in [0.5, 0.6) is 0 Å². The first-order valence-electron chi connectivity index (χ1n) is 7.97. The minimum absolute atomic E-state index is 0.216. The van der Waals surface area contributed by atoms with Crippen LogP contribution in [0.25, 0.3) is 0 Å². The van der Waals surface area contributed by atoms with Crippen LogP contribution in [0, 0.1) is 17.4 Å². The molecule has 1 heterocycles. The van der Waals surface area contributed by atoms with Gasteiger partial charge in [-0.3, -0.25) is 9.59 Å². The Labute approximate surface area is 164 Å². The molecule has 0 saturated heterocycles. The molecule has 26 heavy (non-hydrogen) atoms. The summed E-state index contributed by atoms with van der Waals surface area (Å²) in [6, 6.07) is 14.2. The zero-order valence-corrected chi connectivity index (χ0v) is 16.5. The average molecular weight is 460 g/mol. The van der Waals surface area contributed by atoms with Crippen molar-refractivity contribution in [1.82, 2.24) is 0 Å². The first-order chi connectivity index (χ1) is 12.4. The van der Waals surface area contributed by atoms with Crippen molar-refractivity contribution < 1.29 is 14.0 Å². The molecule has 3 rings (SSSR count). The van der Waals surface area contributed by atoms with Gasteiger partial charge in [0.2, 0.25) is 0 Å². The van der Waals surface area contributed by atoms with Crippen molar-refractivity contribution in [2.75, 3.05) is 10.6 Å². The van der Waals surface area contributed by atoms with E-state index in [1.807, 2.05) is 32.0 Å². The van der Waals surface area contributed by atoms with Crippen molar-refractivity contribution in [2.24, 2.45) is 0 Å². The summed E-state index contributed by atoms with van der Waals surface area (Å²) in [5.74, 6) is -0.374. The first kappa shape index (κ1) is 18.2. The molecule has 0 aliphatic heterocycles. The van der Waals surface area contributed by atoms with E-state index in [1.165, 1.54) is 6.26 Å². The lowest BCUT2D eigenvalue weighted by atomic mass is 10.1. The van der Waals surface area contributed by atoms with Gasteiger partial charge in [-0.05, 0) is 90.0 Å². The van der Waals surface area contributed by atoms with E-state index in [-0.39, 0.29) is 17.6 Å². The lowest BCUT2D eigenvalue weighted by Gasteiger charge is -2.12. The second-order valence-corrected chi connectivity index (χ2v) is 7.12. The van der Waals surface area contributed by atoms with Crippen LogP contribution in [-0.4, -0.2) is 11.8 Å². The van der Waals surface area contributed by atoms with Crippen molar-refractivity contribution in [3.8, 4) is 0 Å². The molecule has 0 saturated carbocycles. The summed E-state index contributed by atoms with van der Waals surface area (Å²) >= 11 is 2.23. The Hall–Kier alpha value is -2.61. The Morgan fingerprint density at radius 3 is 2.35 bits per heavy atom. The maximum Gasteiger partial charge on any atom is 0.291 e. The van der Waals surface area contributed by atoms with Crippen LogP contribution >= 0.6 is 22.6 Å². The molecule has 0 bridgehead atoms. The third kappa shape index (κ3) is 4.13. The van der Waals surface area contributed by atoms with E-state index in [1.54, 1.807) is 30.3 Å². The fourth-order valence-electron chi connectivity index (χ4n) is 2.45. The smallest absolute Gasteiger partial charge is 0.291 e. The van der Waals surface area contributed by atoms with Gasteiger partial charge >= 0.3 is 0 Å². The standard InChI is InChI=1S/C20H17IN2O3/c1-12-5-6-14(11-17(12)23-20(25)18-4-3-9-26-18)19(24)22-16-8-7-15(21)10-13(16)2/h3-11H,1-2H3,(H,22,24)(H,23,25). The largest absolute Gasteiger partial charge is 0.459 e. The number of hydrogen-bond donors (Lipinski definition) is 2. The van der Waals surface area contributed by atoms with Gasteiger partial charge in [0.15, 0.2) is 5.76 Å². The van der Waals surface area contributed by atoms with Gasteiger partial charge in [0.25, 0.3) is 11.8 Å². The number of halogens is 1. The lowest BCUT2D eigenvalue weighted by Crippen LogP contribution is -2.15. The van der Waals surface area contributed by atoms with Gasteiger partial charge in [0.05, 0.1) is 6.26 Å². The summed E-state index contributed by atoms with van der Waals surface area (Å²) in [6.07, 6.45) is 1.44. The highest BCUT2D eigenvalue weighted by Gasteiger charge is 2.13. The Balaban J connectivity index is 1.80. The van der Waals surface area contributed by atoms with Crippen molar-refractivity contribution in [3.05, 3.63) is 80.8 Å². The number of carbonyl (C=O) groups excluding carboxylic acids is 2. The van der Waals surface area contributed by atoms with Gasteiger partial charge in [-0.25, -0.2) is 0 Å². The van der Waals surface area contributed by atoms with Crippen molar-refractivity contribution in [2.45, 2.75) is 13.8 Å². The maximum atomic E-state index is 12.6. The van der Waals surface area contributed by atoms with Crippen LogP contribution in [0.4, 0.5) is 11.4 Å². The van der Waals surface area contributed by atoms with Crippen molar-refractivity contribution in [3.63, 3.8) is 0 Å². The average Bonchev–Trinajstić information content (AvgIpc) is 3.14. The Morgan fingerprint density at radius 1 is 0.885 bits per heavy atom. The first-order valence-corrected chi connectivity index (χ1v) is 9.05. The number of nitrogens with one attached hydrogen (secondary N) is 2. The molecule has 0 spiro atoms. The Kier molecular flexibility index (Phi) is 5.41. The number of amides is 2. The number of anilines is 2. The molecular weight excluding hydrogens is 443 g/mol. The van der Waals surface area contributed by atoms with E-state index in [4.69, 9.17) is 4.42 Å². The van der Waals surface area contributed by atoms with Crippen LogP contribution in [0.3, 0.4) is 0 Å². The SMILES string of the molecule is Cc1cc(I)ccc1NC(=O)c1ccc(C)c(NC(=O)c2ccco2)c1. The summed E-state index contributed by atoms with van der Waals surface area (Å²) in [7, 11) is 0. The summed E-state index contributed by atoms with van der Waals surface area (Å²) in [4.78, 5) is 24.8. The number of carbonyl (C=O) groups is 2. The molecule has 2 aromatic carbocycles. The van der Waals surface area contributed by atoms with E-state index in [9.17, 15) is 9.59 Å². The fourth-order valence-corrected chi connectivity index (χ4v) is 3.10. The second-order valence-electron chi connectivity index (χ2n) is 5.87. The molecule has 1 aromatic heterocycles. The molecule has 6 heteroatoms. The highest BCUT2D eigenvalue weighted by molar-refractivity contribution is 14.1. The third-order valence-electron chi connectivity index (χ3n) is 3.93. The topological polar surface area (TPSA) is 71.3 Å². The zero-order chi connectivity index (χ0) is 18.7. The molecule has 2 N–H and O–H groups in total. The quantitative estimate of drug-likeness (QED) is 0.538. The third-order valence-corrected chi connectivity index (χ3v) is 4.60. The van der Waals surface area contributed by atoms with Gasteiger partial charge in [-0.15, -0.1) is 0 Å². The molecule has 0 aliphatic carbocycles. The fraction of sp³-hybridized carbons (Fsp3) is 0.100. The van der Waals surface area contributed by atoms with E-state index in [0.29, 0.717) is 11.3 Å². The van der Waals surface area contributed by atoms with Crippen LogP contribution in [-0.2, 0) is 0 Å². The van der Waals surface area contributed by atoms with Crippen LogP contribution in [0.2, 0.25) is 0 Å². The molecule has 132 valence electrons. The second kappa shape index (κ2) is 7.74. The number of rotatable bonds is 4. The normalized spacial score (nSPS) is 10.4. The van der Waals surface area contributed by atoms with Crippen LogP contribution in [0.15, 0.2) is 59.2 Å². The molecule has 5 nitrogen and oxygen atoms in total. The molecule has 2 amide bonds. The Morgan fingerprint density at radius 2 is 1.65 bits per heavy atom. The summed E-state index contributed by atoms with van der Waals surface area (Å²) in [5.41, 5.74) is 3.63. The molecule has 0 unspecified atom stereocenters. The minimum Gasteiger partial charge on any atom is -0.459 e. The predicted octanol–water partition coefficient (Wildman–Crippen LogP) is 5.01. The monoisotopic (exact) mass is 460 g/mol. The van der Waals surface area contributed by atoms with Gasteiger partial charge < -0.3 is 15.1 Å². The van der Waals surface area contributed by atoms with Crippen molar-refractivity contribution in [1.29, 1.82) is 0 Å². The zero-order valence-electron chi connectivity index (χ0n) is 14.3. The summed E-state index contributed by atoms with van der Waals surface area (Å²) < 4.78 is 6.20.